The van der Waals surface area contributed by atoms with Gasteiger partial charge in [0, 0.05) is 29.6 Å². The number of rotatable bonds is 9. The first-order chi connectivity index (χ1) is 7.93. The van der Waals surface area contributed by atoms with Gasteiger partial charge < -0.3 is 10.1 Å². The van der Waals surface area contributed by atoms with E-state index in [1.165, 1.54) is 4.90 Å². The van der Waals surface area contributed by atoms with Crippen LogP contribution in [0.5, 0.6) is 0 Å². The van der Waals surface area contributed by atoms with Crippen molar-refractivity contribution in [2.45, 2.75) is 4.90 Å². The number of hydrogen-bond donors (Lipinski definition) is 1. The molecule has 0 bridgehead atoms. The van der Waals surface area contributed by atoms with Gasteiger partial charge in [0.05, 0.1) is 13.2 Å². The summed E-state index contributed by atoms with van der Waals surface area (Å²) >= 11 is 7.35. The molecule has 0 heterocycles. The molecule has 0 radical (unpaired) electrons. The van der Waals surface area contributed by atoms with E-state index in [4.69, 9.17) is 16.3 Å². The van der Waals surface area contributed by atoms with E-state index < -0.39 is 0 Å². The Morgan fingerprint density at radius 1 is 1.12 bits per heavy atom. The van der Waals surface area contributed by atoms with E-state index in [0.29, 0.717) is 12.5 Å². The normalized spacial score (nSPS) is 10.6. The van der Waals surface area contributed by atoms with Crippen LogP contribution in [0.3, 0.4) is 0 Å². The molecule has 0 aliphatic heterocycles. The monoisotopic (exact) mass is 259 g/mol. The number of halogens is 1. The number of benzene rings is 1. The molecule has 4 heteroatoms. The fourth-order valence-electron chi connectivity index (χ4n) is 1.18. The predicted octanol–water partition coefficient (Wildman–Crippen LogP) is 2.62. The van der Waals surface area contributed by atoms with Crippen molar-refractivity contribution in [1.82, 2.24) is 5.32 Å². The number of ether oxygens (including phenoxy) is 1. The first-order valence-corrected chi connectivity index (χ1v) is 6.98. The van der Waals surface area contributed by atoms with Crippen molar-refractivity contribution >= 4 is 23.4 Å². The topological polar surface area (TPSA) is 21.3 Å². The first kappa shape index (κ1) is 13.8. The minimum absolute atomic E-state index is 0.573. The molecule has 16 heavy (non-hydrogen) atoms. The molecule has 0 amide bonds. The van der Waals surface area contributed by atoms with Crippen molar-refractivity contribution in [2.24, 2.45) is 0 Å². The highest BCUT2D eigenvalue weighted by molar-refractivity contribution is 7.99. The lowest BCUT2D eigenvalue weighted by atomic mass is 10.4. The third-order valence-electron chi connectivity index (χ3n) is 1.94. The molecule has 0 saturated carbocycles. The molecule has 1 aromatic carbocycles. The van der Waals surface area contributed by atoms with Crippen LogP contribution in [0.1, 0.15) is 0 Å². The number of hydrogen-bond acceptors (Lipinski definition) is 3. The summed E-state index contributed by atoms with van der Waals surface area (Å²) < 4.78 is 5.25. The summed E-state index contributed by atoms with van der Waals surface area (Å²) in [5.41, 5.74) is 0. The Bertz CT molecular complexity index is 258. The van der Waals surface area contributed by atoms with Crippen molar-refractivity contribution in [3.63, 3.8) is 0 Å². The van der Waals surface area contributed by atoms with Crippen molar-refractivity contribution in [3.05, 3.63) is 30.3 Å². The van der Waals surface area contributed by atoms with E-state index in [1.54, 1.807) is 0 Å². The largest absolute Gasteiger partial charge is 0.379 e. The van der Waals surface area contributed by atoms with Gasteiger partial charge >= 0.3 is 0 Å². The fourth-order valence-corrected chi connectivity index (χ4v) is 2.12. The molecule has 0 aliphatic rings. The van der Waals surface area contributed by atoms with E-state index in [9.17, 15) is 0 Å². The molecule has 1 aromatic rings. The van der Waals surface area contributed by atoms with Crippen LogP contribution >= 0.6 is 23.4 Å². The van der Waals surface area contributed by atoms with E-state index >= 15 is 0 Å². The van der Waals surface area contributed by atoms with Gasteiger partial charge in [0.15, 0.2) is 0 Å². The van der Waals surface area contributed by atoms with Crippen molar-refractivity contribution in [1.29, 1.82) is 0 Å². The van der Waals surface area contributed by atoms with Crippen molar-refractivity contribution < 1.29 is 4.74 Å². The highest BCUT2D eigenvalue weighted by atomic mass is 35.5. The lowest BCUT2D eigenvalue weighted by Crippen LogP contribution is -2.22. The summed E-state index contributed by atoms with van der Waals surface area (Å²) in [6, 6.07) is 10.4. The Kier molecular flexibility index (Phi) is 8.62. The molecular formula is C12H18ClNOS. The van der Waals surface area contributed by atoms with Gasteiger partial charge in [0.2, 0.25) is 0 Å². The molecule has 0 spiro atoms. The second kappa shape index (κ2) is 9.97. The zero-order chi connectivity index (χ0) is 11.5. The fraction of sp³-hybridized carbons (Fsp3) is 0.500. The Hall–Kier alpha value is -0.220. The first-order valence-electron chi connectivity index (χ1n) is 5.46. The molecule has 2 nitrogen and oxygen atoms in total. The zero-order valence-corrected chi connectivity index (χ0v) is 10.9. The summed E-state index contributed by atoms with van der Waals surface area (Å²) in [7, 11) is 0. The van der Waals surface area contributed by atoms with E-state index in [1.807, 2.05) is 17.8 Å². The molecule has 0 aliphatic carbocycles. The molecule has 0 saturated heterocycles. The number of thioether (sulfide) groups is 1. The van der Waals surface area contributed by atoms with Gasteiger partial charge in [-0.05, 0) is 12.1 Å². The number of nitrogens with one attached hydrogen (secondary N) is 1. The van der Waals surface area contributed by atoms with Crippen molar-refractivity contribution in [2.75, 3.05) is 37.9 Å². The van der Waals surface area contributed by atoms with Crippen LogP contribution in [-0.2, 0) is 4.74 Å². The molecule has 1 N–H and O–H groups in total. The average molecular weight is 260 g/mol. The SMILES string of the molecule is ClCCOCCNCCSc1ccccc1. The average Bonchev–Trinajstić information content (AvgIpc) is 2.34. The Morgan fingerprint density at radius 2 is 1.94 bits per heavy atom. The van der Waals surface area contributed by atoms with Gasteiger partial charge in [0.25, 0.3) is 0 Å². The lowest BCUT2D eigenvalue weighted by molar-refractivity contribution is 0.151. The maximum atomic E-state index is 5.48. The molecule has 0 fully saturated rings. The van der Waals surface area contributed by atoms with Crippen LogP contribution in [0, 0.1) is 0 Å². The summed E-state index contributed by atoms with van der Waals surface area (Å²) in [5, 5.41) is 3.33. The maximum absolute atomic E-state index is 5.48. The maximum Gasteiger partial charge on any atom is 0.0602 e. The Morgan fingerprint density at radius 3 is 2.69 bits per heavy atom. The second-order valence-electron chi connectivity index (χ2n) is 3.21. The van der Waals surface area contributed by atoms with E-state index in [2.05, 4.69) is 29.6 Å². The van der Waals surface area contributed by atoms with Crippen LogP contribution in [0.25, 0.3) is 0 Å². The highest BCUT2D eigenvalue weighted by Gasteiger charge is 1.92. The second-order valence-corrected chi connectivity index (χ2v) is 4.76. The third kappa shape index (κ3) is 7.12. The quantitative estimate of drug-likeness (QED) is 0.419. The van der Waals surface area contributed by atoms with E-state index in [-0.39, 0.29) is 0 Å². The van der Waals surface area contributed by atoms with Crippen LogP contribution in [-0.4, -0.2) is 37.9 Å². The number of alkyl halides is 1. The summed E-state index contributed by atoms with van der Waals surface area (Å²) in [5.74, 6) is 1.66. The summed E-state index contributed by atoms with van der Waals surface area (Å²) in [6.07, 6.45) is 0. The van der Waals surface area contributed by atoms with Gasteiger partial charge in [-0.1, -0.05) is 18.2 Å². The predicted molar refractivity (Wildman–Crippen MR) is 71.6 cm³/mol. The summed E-state index contributed by atoms with van der Waals surface area (Å²) in [6.45, 7) is 3.28. The van der Waals surface area contributed by atoms with Gasteiger partial charge in [-0.2, -0.15) is 0 Å². The Balaban J connectivity index is 1.89. The minimum atomic E-state index is 0.573. The molecule has 1 rings (SSSR count). The van der Waals surface area contributed by atoms with Crippen molar-refractivity contribution in [3.8, 4) is 0 Å². The lowest BCUT2D eigenvalue weighted by Gasteiger charge is -2.05. The smallest absolute Gasteiger partial charge is 0.0602 e. The standard InChI is InChI=1S/C12H18ClNOS/c13-6-9-15-10-7-14-8-11-16-12-4-2-1-3-5-12/h1-5,14H,6-11H2. The van der Waals surface area contributed by atoms with E-state index in [0.717, 1.165) is 25.4 Å². The van der Waals surface area contributed by atoms with Crippen LogP contribution < -0.4 is 5.32 Å². The zero-order valence-electron chi connectivity index (χ0n) is 9.32. The molecule has 0 unspecified atom stereocenters. The molecular weight excluding hydrogens is 242 g/mol. The van der Waals surface area contributed by atoms with Gasteiger partial charge in [-0.15, -0.1) is 23.4 Å². The minimum Gasteiger partial charge on any atom is -0.379 e. The molecule has 0 aromatic heterocycles. The molecule has 0 atom stereocenters. The van der Waals surface area contributed by atoms with Gasteiger partial charge in [-0.3, -0.25) is 0 Å². The van der Waals surface area contributed by atoms with Crippen LogP contribution in [0.4, 0.5) is 0 Å². The third-order valence-corrected chi connectivity index (χ3v) is 3.10. The summed E-state index contributed by atoms with van der Waals surface area (Å²) in [4.78, 5) is 1.32. The van der Waals surface area contributed by atoms with Gasteiger partial charge in [0.1, 0.15) is 0 Å². The molecule has 90 valence electrons. The van der Waals surface area contributed by atoms with Crippen LogP contribution in [0.2, 0.25) is 0 Å². The van der Waals surface area contributed by atoms with Crippen LogP contribution in [0.15, 0.2) is 35.2 Å². The Labute approximate surface area is 107 Å². The van der Waals surface area contributed by atoms with Gasteiger partial charge in [-0.25, -0.2) is 0 Å². The highest BCUT2D eigenvalue weighted by Crippen LogP contribution is 2.15.